The van der Waals surface area contributed by atoms with Gasteiger partial charge in [0.05, 0.1) is 11.6 Å². The second-order valence-electron chi connectivity index (χ2n) is 6.68. The number of hydrogen-bond acceptors (Lipinski definition) is 3. The number of alkyl halides is 3. The Kier molecular flexibility index (Phi) is 6.01. The van der Waals surface area contributed by atoms with Crippen LogP contribution in [0.2, 0.25) is 0 Å². The standard InChI is InChI=1S/C18H21F3N4OS/c1-13(15-3-2-10-27-15)23-17(26)12-24-6-8-25(9-7-24)16-5-4-14(11-22-16)18(19,20)21/h2-5,10-11,13H,6-9,12H2,1H3,(H,23,26)/p+2/t13-/m1/s1. The van der Waals surface area contributed by atoms with Crippen LogP contribution in [-0.4, -0.2) is 38.6 Å². The molecule has 1 saturated heterocycles. The summed E-state index contributed by atoms with van der Waals surface area (Å²) >= 11 is 1.62. The Hall–Kier alpha value is -2.13. The molecule has 146 valence electrons. The first-order valence-electron chi connectivity index (χ1n) is 8.83. The minimum absolute atomic E-state index is 0.0000590. The zero-order valence-electron chi connectivity index (χ0n) is 15.0. The fourth-order valence-electron chi connectivity index (χ4n) is 3.16. The number of rotatable bonds is 5. The molecular weight excluding hydrogens is 377 g/mol. The lowest BCUT2D eigenvalue weighted by atomic mass is 10.2. The number of anilines is 1. The molecule has 1 atom stereocenters. The van der Waals surface area contributed by atoms with Crippen molar-refractivity contribution in [1.29, 1.82) is 0 Å². The molecule has 3 rings (SSSR count). The van der Waals surface area contributed by atoms with Crippen LogP contribution in [-0.2, 0) is 11.0 Å². The van der Waals surface area contributed by atoms with E-state index in [1.54, 1.807) is 11.3 Å². The molecule has 0 bridgehead atoms. The minimum Gasteiger partial charge on any atom is -0.344 e. The summed E-state index contributed by atoms with van der Waals surface area (Å²) in [5, 5.41) is 5.00. The van der Waals surface area contributed by atoms with Gasteiger partial charge in [0.1, 0.15) is 32.4 Å². The molecule has 1 aliphatic heterocycles. The van der Waals surface area contributed by atoms with Crippen LogP contribution in [0.25, 0.3) is 0 Å². The van der Waals surface area contributed by atoms with E-state index in [-0.39, 0.29) is 11.9 Å². The number of carbonyl (C=O) groups is 1. The highest BCUT2D eigenvalue weighted by atomic mass is 32.1. The third-order valence-electron chi connectivity index (χ3n) is 4.69. The topological polar surface area (TPSA) is 50.9 Å². The number of piperazine rings is 1. The van der Waals surface area contributed by atoms with Gasteiger partial charge >= 0.3 is 6.18 Å². The maximum atomic E-state index is 12.6. The van der Waals surface area contributed by atoms with Crippen molar-refractivity contribution >= 4 is 23.1 Å². The van der Waals surface area contributed by atoms with Gasteiger partial charge in [0.25, 0.3) is 11.7 Å². The number of halogens is 3. The van der Waals surface area contributed by atoms with Crippen molar-refractivity contribution in [3.8, 4) is 0 Å². The normalized spacial score (nSPS) is 17.0. The molecule has 0 unspecified atom stereocenters. The molecule has 0 saturated carbocycles. The van der Waals surface area contributed by atoms with E-state index in [0.29, 0.717) is 25.5 Å². The van der Waals surface area contributed by atoms with Crippen molar-refractivity contribution < 1.29 is 27.8 Å². The summed E-state index contributed by atoms with van der Waals surface area (Å²) in [6.07, 6.45) is -3.35. The smallest absolute Gasteiger partial charge is 0.344 e. The highest BCUT2D eigenvalue weighted by Crippen LogP contribution is 2.28. The minimum atomic E-state index is -4.34. The van der Waals surface area contributed by atoms with Crippen molar-refractivity contribution in [2.75, 3.05) is 37.6 Å². The number of thiophene rings is 1. The molecule has 27 heavy (non-hydrogen) atoms. The quantitative estimate of drug-likeness (QED) is 0.792. The Morgan fingerprint density at radius 3 is 2.63 bits per heavy atom. The predicted octanol–water partition coefficient (Wildman–Crippen LogP) is 1.16. The van der Waals surface area contributed by atoms with Gasteiger partial charge in [0.2, 0.25) is 0 Å². The van der Waals surface area contributed by atoms with Crippen LogP contribution in [0.3, 0.4) is 0 Å². The summed E-state index contributed by atoms with van der Waals surface area (Å²) in [7, 11) is 0. The fourth-order valence-corrected chi connectivity index (χ4v) is 3.89. The summed E-state index contributed by atoms with van der Waals surface area (Å²) in [4.78, 5) is 19.3. The number of nitrogens with one attached hydrogen (secondary N) is 3. The van der Waals surface area contributed by atoms with Crippen molar-refractivity contribution in [3.05, 3.63) is 46.3 Å². The zero-order chi connectivity index (χ0) is 19.4. The van der Waals surface area contributed by atoms with E-state index in [1.807, 2.05) is 29.3 Å². The van der Waals surface area contributed by atoms with Gasteiger partial charge < -0.3 is 10.2 Å². The Morgan fingerprint density at radius 1 is 1.33 bits per heavy atom. The van der Waals surface area contributed by atoms with Crippen molar-refractivity contribution in [2.24, 2.45) is 0 Å². The fraction of sp³-hybridized carbons (Fsp3) is 0.444. The summed E-state index contributed by atoms with van der Waals surface area (Å²) < 4.78 is 37.9. The van der Waals surface area contributed by atoms with E-state index in [1.165, 1.54) is 11.0 Å². The zero-order valence-corrected chi connectivity index (χ0v) is 15.8. The van der Waals surface area contributed by atoms with E-state index >= 15 is 0 Å². The Labute approximate surface area is 159 Å². The lowest BCUT2D eigenvalue weighted by Crippen LogP contribution is -3.16. The van der Waals surface area contributed by atoms with Crippen molar-refractivity contribution in [1.82, 2.24) is 5.32 Å². The van der Waals surface area contributed by atoms with Crippen LogP contribution in [0.1, 0.15) is 23.4 Å². The number of carbonyl (C=O) groups excluding carboxylic acids is 1. The lowest BCUT2D eigenvalue weighted by Gasteiger charge is -2.28. The molecule has 0 aromatic carbocycles. The van der Waals surface area contributed by atoms with Gasteiger partial charge in [0, 0.05) is 10.9 Å². The Morgan fingerprint density at radius 2 is 2.07 bits per heavy atom. The van der Waals surface area contributed by atoms with E-state index in [0.717, 1.165) is 30.2 Å². The number of H-pyrrole nitrogens is 1. The summed E-state index contributed by atoms with van der Waals surface area (Å²) in [5.41, 5.74) is -0.688. The second-order valence-corrected chi connectivity index (χ2v) is 7.66. The maximum Gasteiger partial charge on any atom is 0.419 e. The first kappa shape index (κ1) is 19.6. The molecule has 1 fully saturated rings. The molecule has 3 N–H and O–H groups in total. The number of hydrogen-bond donors (Lipinski definition) is 2. The Bertz CT molecular complexity index is 741. The number of nitrogens with zero attached hydrogens (tertiary/aromatic N) is 1. The molecule has 9 heteroatoms. The van der Waals surface area contributed by atoms with Gasteiger partial charge in [-0.3, -0.25) is 9.69 Å². The highest BCUT2D eigenvalue weighted by molar-refractivity contribution is 7.10. The SMILES string of the molecule is C[C@@H](NC(=O)C[NH+]1CCN(c2ccc(C(F)(F)F)c[nH+]2)CC1)c1cccs1. The first-order valence-corrected chi connectivity index (χ1v) is 9.71. The third-order valence-corrected chi connectivity index (χ3v) is 5.75. The van der Waals surface area contributed by atoms with Gasteiger partial charge in [-0.1, -0.05) is 6.07 Å². The molecule has 5 nitrogen and oxygen atoms in total. The Balaban J connectivity index is 1.46. The van der Waals surface area contributed by atoms with Gasteiger partial charge in [-0.15, -0.1) is 11.3 Å². The second kappa shape index (κ2) is 8.26. The van der Waals surface area contributed by atoms with E-state index in [9.17, 15) is 18.0 Å². The van der Waals surface area contributed by atoms with E-state index in [4.69, 9.17) is 0 Å². The lowest BCUT2D eigenvalue weighted by molar-refractivity contribution is -0.892. The maximum absolute atomic E-state index is 12.6. The summed E-state index contributed by atoms with van der Waals surface area (Å²) in [6.45, 7) is 5.26. The number of quaternary nitrogens is 1. The third kappa shape index (κ3) is 5.20. The summed E-state index contributed by atoms with van der Waals surface area (Å²) in [6, 6.07) is 6.51. The number of aromatic amines is 1. The van der Waals surface area contributed by atoms with Crippen LogP contribution in [0, 0.1) is 0 Å². The number of amides is 1. The molecule has 2 aromatic heterocycles. The number of pyridine rings is 1. The molecule has 0 aliphatic carbocycles. The monoisotopic (exact) mass is 400 g/mol. The molecule has 0 radical (unpaired) electrons. The average Bonchev–Trinajstić information content (AvgIpc) is 3.16. The van der Waals surface area contributed by atoms with Gasteiger partial charge in [-0.2, -0.15) is 13.2 Å². The van der Waals surface area contributed by atoms with Crippen LogP contribution in [0.15, 0.2) is 35.8 Å². The van der Waals surface area contributed by atoms with Gasteiger partial charge in [-0.25, -0.2) is 4.98 Å². The van der Waals surface area contributed by atoms with Crippen LogP contribution < -0.4 is 20.1 Å². The molecular formula is C18H23F3N4OS+2. The summed E-state index contributed by atoms with van der Waals surface area (Å²) in [5.74, 6) is 0.679. The largest absolute Gasteiger partial charge is 0.419 e. The average molecular weight is 400 g/mol. The van der Waals surface area contributed by atoms with Crippen LogP contribution in [0.4, 0.5) is 19.0 Å². The van der Waals surface area contributed by atoms with Crippen LogP contribution >= 0.6 is 11.3 Å². The predicted molar refractivity (Wildman–Crippen MR) is 96.7 cm³/mol. The van der Waals surface area contributed by atoms with Crippen molar-refractivity contribution in [2.45, 2.75) is 19.1 Å². The number of aromatic nitrogens is 1. The molecule has 2 aromatic rings. The first-order chi connectivity index (χ1) is 12.8. The molecule has 3 heterocycles. The van der Waals surface area contributed by atoms with E-state index in [2.05, 4.69) is 10.3 Å². The molecule has 1 amide bonds. The molecule has 1 aliphatic rings. The van der Waals surface area contributed by atoms with Gasteiger partial charge in [-0.05, 0) is 24.4 Å². The van der Waals surface area contributed by atoms with Crippen LogP contribution in [0.5, 0.6) is 0 Å². The highest BCUT2D eigenvalue weighted by Gasteiger charge is 2.33. The van der Waals surface area contributed by atoms with Crippen molar-refractivity contribution in [3.63, 3.8) is 0 Å². The van der Waals surface area contributed by atoms with E-state index < -0.39 is 11.7 Å². The molecule has 0 spiro atoms. The van der Waals surface area contributed by atoms with Gasteiger partial charge in [0.15, 0.2) is 6.54 Å².